The Labute approximate surface area is 112 Å². The monoisotopic (exact) mass is 265 g/mol. The number of hydrogen-bond donors (Lipinski definition) is 2. The van der Waals surface area contributed by atoms with Crippen molar-refractivity contribution in [2.24, 2.45) is 5.92 Å². The second-order valence-corrected chi connectivity index (χ2v) is 4.66. The molecule has 0 spiro atoms. The van der Waals surface area contributed by atoms with Crippen molar-refractivity contribution in [2.45, 2.75) is 12.8 Å². The Bertz CT molecular complexity index is 422. The minimum atomic E-state index is -0.148. The SMILES string of the molecule is COc1ccc(NC(=O)N2CCC[C@H](CO)C2)cn1. The predicted octanol–water partition coefficient (Wildman–Crippen LogP) is 1.33. The number of anilines is 1. The minimum absolute atomic E-state index is 0.133. The summed E-state index contributed by atoms with van der Waals surface area (Å²) >= 11 is 0. The average molecular weight is 265 g/mol. The van der Waals surface area contributed by atoms with E-state index in [2.05, 4.69) is 10.3 Å². The highest BCUT2D eigenvalue weighted by Crippen LogP contribution is 2.17. The van der Waals surface area contributed by atoms with Crippen molar-refractivity contribution >= 4 is 11.7 Å². The van der Waals surface area contributed by atoms with Crippen LogP contribution in [-0.2, 0) is 0 Å². The van der Waals surface area contributed by atoms with Gasteiger partial charge in [-0.05, 0) is 24.8 Å². The van der Waals surface area contributed by atoms with Crippen LogP contribution in [0.1, 0.15) is 12.8 Å². The quantitative estimate of drug-likeness (QED) is 0.864. The summed E-state index contributed by atoms with van der Waals surface area (Å²) in [5, 5.41) is 12.0. The Balaban J connectivity index is 1.92. The third kappa shape index (κ3) is 3.57. The summed E-state index contributed by atoms with van der Waals surface area (Å²) in [4.78, 5) is 17.8. The van der Waals surface area contributed by atoms with Gasteiger partial charge in [0.2, 0.25) is 5.88 Å². The zero-order valence-corrected chi connectivity index (χ0v) is 11.0. The standard InChI is InChI=1S/C13H19N3O3/c1-19-12-5-4-11(7-14-12)15-13(18)16-6-2-3-10(8-16)9-17/h4-5,7,10,17H,2-3,6,8-9H2,1H3,(H,15,18)/t10-/m0/s1. The number of aliphatic hydroxyl groups is 1. The van der Waals surface area contributed by atoms with Crippen LogP contribution in [-0.4, -0.2) is 47.8 Å². The summed E-state index contributed by atoms with van der Waals surface area (Å²) in [5.74, 6) is 0.699. The van der Waals surface area contributed by atoms with E-state index in [1.54, 1.807) is 30.3 Å². The number of rotatable bonds is 3. The fourth-order valence-electron chi connectivity index (χ4n) is 2.18. The van der Waals surface area contributed by atoms with Crippen molar-refractivity contribution in [2.75, 3.05) is 32.1 Å². The molecule has 2 N–H and O–H groups in total. The normalized spacial score (nSPS) is 19.1. The van der Waals surface area contributed by atoms with Crippen LogP contribution in [0.15, 0.2) is 18.3 Å². The zero-order chi connectivity index (χ0) is 13.7. The molecule has 0 radical (unpaired) electrons. The van der Waals surface area contributed by atoms with E-state index in [1.165, 1.54) is 0 Å². The molecule has 2 amide bonds. The molecule has 1 atom stereocenters. The molecule has 0 bridgehead atoms. The number of hydrogen-bond acceptors (Lipinski definition) is 4. The van der Waals surface area contributed by atoms with E-state index in [0.29, 0.717) is 18.1 Å². The lowest BCUT2D eigenvalue weighted by molar-refractivity contribution is 0.136. The number of ether oxygens (including phenoxy) is 1. The van der Waals surface area contributed by atoms with Crippen molar-refractivity contribution in [1.82, 2.24) is 9.88 Å². The first-order valence-electron chi connectivity index (χ1n) is 6.39. The van der Waals surface area contributed by atoms with Gasteiger partial charge in [-0.2, -0.15) is 0 Å². The number of urea groups is 1. The fourth-order valence-corrected chi connectivity index (χ4v) is 2.18. The Morgan fingerprint density at radius 1 is 1.63 bits per heavy atom. The van der Waals surface area contributed by atoms with E-state index in [0.717, 1.165) is 19.4 Å². The van der Waals surface area contributed by atoms with Crippen LogP contribution < -0.4 is 10.1 Å². The highest BCUT2D eigenvalue weighted by Gasteiger charge is 2.23. The van der Waals surface area contributed by atoms with Gasteiger partial charge in [0, 0.05) is 25.8 Å². The van der Waals surface area contributed by atoms with E-state index >= 15 is 0 Å². The first kappa shape index (κ1) is 13.6. The molecule has 1 aromatic rings. The van der Waals surface area contributed by atoms with E-state index < -0.39 is 0 Å². The van der Waals surface area contributed by atoms with E-state index in [4.69, 9.17) is 9.84 Å². The molecule has 0 saturated carbocycles. The van der Waals surface area contributed by atoms with Crippen LogP contribution in [0, 0.1) is 5.92 Å². The van der Waals surface area contributed by atoms with Crippen LogP contribution in [0.2, 0.25) is 0 Å². The zero-order valence-electron chi connectivity index (χ0n) is 11.0. The van der Waals surface area contributed by atoms with Gasteiger partial charge in [-0.3, -0.25) is 0 Å². The molecule has 1 saturated heterocycles. The molecule has 2 rings (SSSR count). The van der Waals surface area contributed by atoms with Gasteiger partial charge in [0.15, 0.2) is 0 Å². The van der Waals surface area contributed by atoms with Crippen molar-refractivity contribution in [1.29, 1.82) is 0 Å². The number of amides is 2. The molecule has 0 aliphatic carbocycles. The van der Waals surface area contributed by atoms with Crippen molar-refractivity contribution in [3.63, 3.8) is 0 Å². The van der Waals surface area contributed by atoms with Gasteiger partial charge in [-0.1, -0.05) is 0 Å². The van der Waals surface area contributed by atoms with Gasteiger partial charge in [-0.15, -0.1) is 0 Å². The maximum Gasteiger partial charge on any atom is 0.321 e. The first-order valence-corrected chi connectivity index (χ1v) is 6.39. The van der Waals surface area contributed by atoms with Crippen molar-refractivity contribution < 1.29 is 14.6 Å². The summed E-state index contributed by atoms with van der Waals surface area (Å²) in [6.07, 6.45) is 3.47. The molecule has 1 aromatic heterocycles. The largest absolute Gasteiger partial charge is 0.481 e. The Morgan fingerprint density at radius 3 is 3.11 bits per heavy atom. The second-order valence-electron chi connectivity index (χ2n) is 4.66. The second kappa shape index (κ2) is 6.38. The average Bonchev–Trinajstić information content (AvgIpc) is 2.48. The summed E-state index contributed by atoms with van der Waals surface area (Å²) in [6, 6.07) is 3.30. The number of piperidine rings is 1. The van der Waals surface area contributed by atoms with E-state index in [-0.39, 0.29) is 18.6 Å². The summed E-state index contributed by atoms with van der Waals surface area (Å²) in [5.41, 5.74) is 0.636. The Kier molecular flexibility index (Phi) is 4.57. The van der Waals surface area contributed by atoms with Gasteiger partial charge in [0.05, 0.1) is 19.0 Å². The third-order valence-corrected chi connectivity index (χ3v) is 3.26. The number of nitrogens with one attached hydrogen (secondary N) is 1. The van der Waals surface area contributed by atoms with Crippen LogP contribution in [0.25, 0.3) is 0 Å². The number of aromatic nitrogens is 1. The predicted molar refractivity (Wildman–Crippen MR) is 71.2 cm³/mol. The molecule has 6 nitrogen and oxygen atoms in total. The highest BCUT2D eigenvalue weighted by atomic mass is 16.5. The summed E-state index contributed by atoms with van der Waals surface area (Å²) < 4.78 is 4.96. The molecule has 1 fully saturated rings. The van der Waals surface area contributed by atoms with Crippen molar-refractivity contribution in [3.8, 4) is 5.88 Å². The molecule has 0 aromatic carbocycles. The maximum absolute atomic E-state index is 12.1. The van der Waals surface area contributed by atoms with Crippen LogP contribution in [0.5, 0.6) is 5.88 Å². The van der Waals surface area contributed by atoms with E-state index in [1.807, 2.05) is 0 Å². The molecule has 2 heterocycles. The Hall–Kier alpha value is -1.82. The van der Waals surface area contributed by atoms with Crippen LogP contribution in [0.3, 0.4) is 0 Å². The minimum Gasteiger partial charge on any atom is -0.481 e. The lowest BCUT2D eigenvalue weighted by Gasteiger charge is -2.31. The van der Waals surface area contributed by atoms with Gasteiger partial charge >= 0.3 is 6.03 Å². The van der Waals surface area contributed by atoms with Crippen LogP contribution in [0.4, 0.5) is 10.5 Å². The summed E-state index contributed by atoms with van der Waals surface area (Å²) in [6.45, 7) is 1.46. The lowest BCUT2D eigenvalue weighted by atomic mass is 9.99. The molecule has 1 aliphatic rings. The third-order valence-electron chi connectivity index (χ3n) is 3.26. The fraction of sp³-hybridized carbons (Fsp3) is 0.538. The number of aliphatic hydroxyl groups excluding tert-OH is 1. The van der Waals surface area contributed by atoms with Gasteiger partial charge < -0.3 is 20.1 Å². The number of methoxy groups -OCH3 is 1. The molecular formula is C13H19N3O3. The van der Waals surface area contributed by atoms with Gasteiger partial charge in [-0.25, -0.2) is 9.78 Å². The number of carbonyl (C=O) groups excluding carboxylic acids is 1. The molecule has 1 aliphatic heterocycles. The number of carbonyl (C=O) groups is 1. The van der Waals surface area contributed by atoms with Gasteiger partial charge in [0.1, 0.15) is 0 Å². The molecule has 6 heteroatoms. The first-order chi connectivity index (χ1) is 9.22. The summed E-state index contributed by atoms with van der Waals surface area (Å²) in [7, 11) is 1.54. The molecule has 104 valence electrons. The molecule has 19 heavy (non-hydrogen) atoms. The highest BCUT2D eigenvalue weighted by molar-refractivity contribution is 5.89. The van der Waals surface area contributed by atoms with Gasteiger partial charge in [0.25, 0.3) is 0 Å². The van der Waals surface area contributed by atoms with Crippen molar-refractivity contribution in [3.05, 3.63) is 18.3 Å². The number of pyridine rings is 1. The topological polar surface area (TPSA) is 74.7 Å². The molecule has 0 unspecified atom stereocenters. The Morgan fingerprint density at radius 2 is 2.47 bits per heavy atom. The molecular weight excluding hydrogens is 246 g/mol. The smallest absolute Gasteiger partial charge is 0.321 e. The number of nitrogens with zero attached hydrogens (tertiary/aromatic N) is 2. The maximum atomic E-state index is 12.1. The van der Waals surface area contributed by atoms with Crippen LogP contribution >= 0.6 is 0 Å². The van der Waals surface area contributed by atoms with E-state index in [9.17, 15) is 4.79 Å². The lowest BCUT2D eigenvalue weighted by Crippen LogP contribution is -2.43. The number of likely N-dealkylation sites (tertiary alicyclic amines) is 1.